The Morgan fingerprint density at radius 2 is 2.08 bits per heavy atom. The summed E-state index contributed by atoms with van der Waals surface area (Å²) in [6.45, 7) is 0. The summed E-state index contributed by atoms with van der Waals surface area (Å²) >= 11 is 3.00. The third-order valence-electron chi connectivity index (χ3n) is 1.42. The molecule has 0 bridgehead atoms. The van der Waals surface area contributed by atoms with Crippen molar-refractivity contribution in [3.8, 4) is 5.75 Å². The highest BCUT2D eigenvalue weighted by molar-refractivity contribution is 9.10. The van der Waals surface area contributed by atoms with E-state index in [9.17, 15) is 8.42 Å². The van der Waals surface area contributed by atoms with Gasteiger partial charge >= 0.3 is 0 Å². The molecule has 0 unspecified atom stereocenters. The molecule has 0 radical (unpaired) electrons. The summed E-state index contributed by atoms with van der Waals surface area (Å²) in [6.07, 6.45) is 0. The van der Waals surface area contributed by atoms with Crippen LogP contribution in [-0.4, -0.2) is 20.1 Å². The van der Waals surface area contributed by atoms with E-state index >= 15 is 0 Å². The van der Waals surface area contributed by atoms with Crippen molar-refractivity contribution in [3.05, 3.63) is 22.7 Å². The summed E-state index contributed by atoms with van der Waals surface area (Å²) in [4.78, 5) is -0.173. The molecule has 0 aromatic heterocycles. The van der Waals surface area contributed by atoms with Gasteiger partial charge in [-0.05, 0) is 34.1 Å². The van der Waals surface area contributed by atoms with Gasteiger partial charge in [0.05, 0.1) is 7.11 Å². The molecule has 0 aliphatic carbocycles. The highest BCUT2D eigenvalue weighted by atomic mass is 79.9. The predicted molar refractivity (Wildman–Crippen MR) is 50.5 cm³/mol. The Kier molecular flexibility index (Phi) is 2.94. The summed E-state index contributed by atoms with van der Waals surface area (Å²) in [7, 11) is -2.69. The number of rotatable bonds is 2. The van der Waals surface area contributed by atoms with Crippen LogP contribution in [0.5, 0.6) is 5.75 Å². The standard InChI is InChI=1S/C7H7BrO4S/c1-12-5-2-3-7(6(8)4-5)13(9,10)11/h2-4H,1H3,(H,9,10,11). The average molecular weight is 267 g/mol. The number of benzene rings is 1. The first-order chi connectivity index (χ1) is 5.95. The molecule has 0 spiro atoms. The van der Waals surface area contributed by atoms with E-state index < -0.39 is 10.1 Å². The Morgan fingerprint density at radius 1 is 1.46 bits per heavy atom. The van der Waals surface area contributed by atoms with E-state index in [0.717, 1.165) is 0 Å². The Bertz CT molecular complexity index is 413. The first-order valence-corrected chi connectivity index (χ1v) is 5.49. The minimum Gasteiger partial charge on any atom is -0.497 e. The minimum atomic E-state index is -4.16. The summed E-state index contributed by atoms with van der Waals surface area (Å²) < 4.78 is 35.3. The van der Waals surface area contributed by atoms with Crippen molar-refractivity contribution in [2.75, 3.05) is 7.11 Å². The molecule has 4 nitrogen and oxygen atoms in total. The molecule has 1 rings (SSSR count). The Balaban J connectivity index is 3.29. The monoisotopic (exact) mass is 266 g/mol. The molecule has 0 atom stereocenters. The summed E-state index contributed by atoms with van der Waals surface area (Å²) in [5, 5.41) is 0. The predicted octanol–water partition coefficient (Wildman–Crippen LogP) is 1.70. The zero-order valence-electron chi connectivity index (χ0n) is 6.69. The van der Waals surface area contributed by atoms with Crippen LogP contribution in [0, 0.1) is 0 Å². The molecule has 0 saturated heterocycles. The maximum atomic E-state index is 10.7. The van der Waals surface area contributed by atoms with Crippen LogP contribution in [0.25, 0.3) is 0 Å². The van der Waals surface area contributed by atoms with Crippen molar-refractivity contribution in [1.29, 1.82) is 0 Å². The lowest BCUT2D eigenvalue weighted by molar-refractivity contribution is 0.414. The van der Waals surface area contributed by atoms with Gasteiger partial charge in [-0.1, -0.05) is 0 Å². The van der Waals surface area contributed by atoms with Gasteiger partial charge in [-0.25, -0.2) is 0 Å². The highest BCUT2D eigenvalue weighted by Gasteiger charge is 2.13. The van der Waals surface area contributed by atoms with Crippen LogP contribution in [-0.2, 0) is 10.1 Å². The molecule has 1 N–H and O–H groups in total. The molecule has 0 heterocycles. The average Bonchev–Trinajstić information content (AvgIpc) is 2.01. The molecule has 0 fully saturated rings. The van der Waals surface area contributed by atoms with Crippen LogP contribution in [0.15, 0.2) is 27.6 Å². The van der Waals surface area contributed by atoms with Crippen molar-refractivity contribution < 1.29 is 17.7 Å². The normalized spacial score (nSPS) is 11.3. The highest BCUT2D eigenvalue weighted by Crippen LogP contribution is 2.26. The molecule has 0 aliphatic rings. The Hall–Kier alpha value is -0.590. The minimum absolute atomic E-state index is 0.173. The molecule has 1 aromatic rings. The molecular weight excluding hydrogens is 260 g/mol. The summed E-state index contributed by atoms with van der Waals surface area (Å²) in [5.74, 6) is 0.513. The molecule has 1 aromatic carbocycles. The third-order valence-corrected chi connectivity index (χ3v) is 3.25. The number of hydrogen-bond donors (Lipinski definition) is 1. The van der Waals surface area contributed by atoms with Crippen LogP contribution in [0.4, 0.5) is 0 Å². The topological polar surface area (TPSA) is 63.6 Å². The van der Waals surface area contributed by atoms with E-state index in [4.69, 9.17) is 9.29 Å². The van der Waals surface area contributed by atoms with Crippen molar-refractivity contribution in [2.45, 2.75) is 4.90 Å². The second-order valence-corrected chi connectivity index (χ2v) is 4.52. The van der Waals surface area contributed by atoms with Crippen LogP contribution < -0.4 is 4.74 Å². The number of hydrogen-bond acceptors (Lipinski definition) is 3. The zero-order valence-corrected chi connectivity index (χ0v) is 9.09. The van der Waals surface area contributed by atoms with Crippen LogP contribution in [0.1, 0.15) is 0 Å². The molecule has 0 aliphatic heterocycles. The maximum absolute atomic E-state index is 10.7. The van der Waals surface area contributed by atoms with Crippen molar-refractivity contribution in [1.82, 2.24) is 0 Å². The molecule has 72 valence electrons. The number of ether oxygens (including phenoxy) is 1. The fraction of sp³-hybridized carbons (Fsp3) is 0.143. The van der Waals surface area contributed by atoms with Gasteiger partial charge in [0.2, 0.25) is 0 Å². The maximum Gasteiger partial charge on any atom is 0.295 e. The fourth-order valence-electron chi connectivity index (χ4n) is 0.818. The molecular formula is C7H7BrO4S. The van der Waals surface area contributed by atoms with Crippen LogP contribution >= 0.6 is 15.9 Å². The van der Waals surface area contributed by atoms with Gasteiger partial charge in [0.25, 0.3) is 10.1 Å². The summed E-state index contributed by atoms with van der Waals surface area (Å²) in [5.41, 5.74) is 0. The van der Waals surface area contributed by atoms with Crippen LogP contribution in [0.3, 0.4) is 0 Å². The Morgan fingerprint density at radius 3 is 2.46 bits per heavy atom. The van der Waals surface area contributed by atoms with E-state index in [1.165, 1.54) is 25.3 Å². The van der Waals surface area contributed by atoms with E-state index in [-0.39, 0.29) is 9.37 Å². The van der Waals surface area contributed by atoms with E-state index in [0.29, 0.717) is 5.75 Å². The van der Waals surface area contributed by atoms with Crippen LogP contribution in [0.2, 0.25) is 0 Å². The van der Waals surface area contributed by atoms with Gasteiger partial charge in [0.1, 0.15) is 10.6 Å². The van der Waals surface area contributed by atoms with E-state index in [2.05, 4.69) is 15.9 Å². The van der Waals surface area contributed by atoms with Gasteiger partial charge < -0.3 is 4.74 Å². The number of methoxy groups -OCH3 is 1. The second kappa shape index (κ2) is 3.65. The Labute approximate surface area is 84.4 Å². The summed E-state index contributed by atoms with van der Waals surface area (Å²) in [6, 6.07) is 4.18. The van der Waals surface area contributed by atoms with Crippen molar-refractivity contribution in [3.63, 3.8) is 0 Å². The fourth-order valence-corrected chi connectivity index (χ4v) is 2.33. The van der Waals surface area contributed by atoms with Crippen molar-refractivity contribution in [2.24, 2.45) is 0 Å². The second-order valence-electron chi connectivity index (χ2n) is 2.27. The molecule has 0 saturated carbocycles. The lowest BCUT2D eigenvalue weighted by Gasteiger charge is -2.03. The van der Waals surface area contributed by atoms with Gasteiger partial charge in [-0.2, -0.15) is 8.42 Å². The molecule has 6 heteroatoms. The van der Waals surface area contributed by atoms with Gasteiger partial charge in [0.15, 0.2) is 0 Å². The van der Waals surface area contributed by atoms with Gasteiger partial charge in [-0.15, -0.1) is 0 Å². The lowest BCUT2D eigenvalue weighted by atomic mass is 10.3. The quantitative estimate of drug-likeness (QED) is 0.828. The van der Waals surface area contributed by atoms with Crippen molar-refractivity contribution >= 4 is 26.0 Å². The first kappa shape index (κ1) is 10.5. The number of halogens is 1. The van der Waals surface area contributed by atoms with Gasteiger partial charge in [0, 0.05) is 4.47 Å². The first-order valence-electron chi connectivity index (χ1n) is 3.26. The van der Waals surface area contributed by atoms with E-state index in [1.807, 2.05) is 0 Å². The smallest absolute Gasteiger partial charge is 0.295 e. The zero-order chi connectivity index (χ0) is 10.1. The SMILES string of the molecule is COc1ccc(S(=O)(=O)O)c(Br)c1. The van der Waals surface area contributed by atoms with E-state index in [1.54, 1.807) is 0 Å². The molecule has 0 amide bonds. The largest absolute Gasteiger partial charge is 0.497 e. The lowest BCUT2D eigenvalue weighted by Crippen LogP contribution is -1.99. The van der Waals surface area contributed by atoms with Gasteiger partial charge in [-0.3, -0.25) is 4.55 Å². The molecule has 13 heavy (non-hydrogen) atoms. The third kappa shape index (κ3) is 2.43.